The highest BCUT2D eigenvalue weighted by Gasteiger charge is 2.37. The predicted octanol–water partition coefficient (Wildman–Crippen LogP) is 1.55. The topological polar surface area (TPSA) is 52.7 Å². The number of rotatable bonds is 2. The van der Waals surface area contributed by atoms with Gasteiger partial charge in [-0.1, -0.05) is 0 Å². The number of nitrogens with zero attached hydrogens (tertiary/aromatic N) is 2. The van der Waals surface area contributed by atoms with Crippen LogP contribution in [0.3, 0.4) is 0 Å². The van der Waals surface area contributed by atoms with Gasteiger partial charge in [0, 0.05) is 38.1 Å². The Balaban J connectivity index is 1.72. The van der Waals surface area contributed by atoms with Crippen LogP contribution in [0.4, 0.5) is 0 Å². The van der Waals surface area contributed by atoms with E-state index in [2.05, 4.69) is 21.2 Å². The molecule has 0 bridgehead atoms. The second kappa shape index (κ2) is 6.46. The zero-order chi connectivity index (χ0) is 14.8. The first-order valence-electron chi connectivity index (χ1n) is 7.21. The van der Waals surface area contributed by atoms with Gasteiger partial charge in [-0.3, -0.25) is 9.59 Å². The number of hydrogen-bond acceptors (Lipinski definition) is 4. The molecular formula is C14H18BrN3O2S. The number of hydrogen-bond donors (Lipinski definition) is 1. The first-order valence-corrected chi connectivity index (χ1v) is 8.88. The van der Waals surface area contributed by atoms with Crippen LogP contribution in [0.25, 0.3) is 0 Å². The summed E-state index contributed by atoms with van der Waals surface area (Å²) in [5, 5.41) is 5.09. The number of nitrogens with one attached hydrogen (secondary N) is 1. The van der Waals surface area contributed by atoms with Crippen molar-refractivity contribution in [2.45, 2.75) is 18.9 Å². The lowest BCUT2D eigenvalue weighted by molar-refractivity contribution is -0.135. The third kappa shape index (κ3) is 3.14. The summed E-state index contributed by atoms with van der Waals surface area (Å²) < 4.78 is 0.940. The summed E-state index contributed by atoms with van der Waals surface area (Å²) in [6, 6.07) is 1.55. The van der Waals surface area contributed by atoms with Crippen LogP contribution in [-0.2, 0) is 4.79 Å². The number of amides is 2. The summed E-state index contributed by atoms with van der Waals surface area (Å²) in [6.45, 7) is 3.82. The fourth-order valence-electron chi connectivity index (χ4n) is 2.95. The van der Waals surface area contributed by atoms with Crippen LogP contribution in [0.15, 0.2) is 15.2 Å². The molecule has 2 saturated heterocycles. The molecule has 2 aliphatic heterocycles. The average Bonchev–Trinajstić information content (AvgIpc) is 3.15. The third-order valence-electron chi connectivity index (χ3n) is 4.04. The van der Waals surface area contributed by atoms with Crippen molar-refractivity contribution >= 4 is 39.1 Å². The summed E-state index contributed by atoms with van der Waals surface area (Å²) in [7, 11) is 0. The smallest absolute Gasteiger partial charge is 0.255 e. The molecule has 1 N–H and O–H groups in total. The van der Waals surface area contributed by atoms with Crippen LogP contribution < -0.4 is 5.32 Å². The monoisotopic (exact) mass is 371 g/mol. The van der Waals surface area contributed by atoms with Gasteiger partial charge in [0.05, 0.1) is 9.35 Å². The highest BCUT2D eigenvalue weighted by atomic mass is 79.9. The van der Waals surface area contributed by atoms with Crippen molar-refractivity contribution in [3.63, 3.8) is 0 Å². The van der Waals surface area contributed by atoms with E-state index in [4.69, 9.17) is 0 Å². The van der Waals surface area contributed by atoms with E-state index < -0.39 is 0 Å². The zero-order valence-electron chi connectivity index (χ0n) is 11.7. The maximum Gasteiger partial charge on any atom is 0.255 e. The minimum atomic E-state index is -0.283. The Morgan fingerprint density at radius 3 is 2.71 bits per heavy atom. The molecule has 1 atom stereocenters. The molecule has 2 aliphatic rings. The average molecular weight is 372 g/mol. The van der Waals surface area contributed by atoms with E-state index in [-0.39, 0.29) is 17.9 Å². The number of likely N-dealkylation sites (tertiary alicyclic amines) is 1. The molecule has 21 heavy (non-hydrogen) atoms. The van der Waals surface area contributed by atoms with Gasteiger partial charge in [-0.25, -0.2) is 0 Å². The van der Waals surface area contributed by atoms with Crippen LogP contribution in [0.5, 0.6) is 0 Å². The molecule has 0 saturated carbocycles. The standard InChI is InChI=1S/C14H18BrN3O2S/c15-12-8-10(9-21-12)13(19)18-5-1-2-11(18)14(20)17-6-3-16-4-7-17/h8-9,11,16H,1-7H2. The van der Waals surface area contributed by atoms with E-state index >= 15 is 0 Å². The van der Waals surface area contributed by atoms with Crippen LogP contribution in [0, 0.1) is 0 Å². The fraction of sp³-hybridized carbons (Fsp3) is 0.571. The molecule has 5 nitrogen and oxygen atoms in total. The SMILES string of the molecule is O=C(C1CCCN1C(=O)c1csc(Br)c1)N1CCNCC1. The Hall–Kier alpha value is -0.920. The van der Waals surface area contributed by atoms with Gasteiger partial charge in [-0.05, 0) is 34.8 Å². The molecule has 1 aromatic heterocycles. The van der Waals surface area contributed by atoms with E-state index in [0.29, 0.717) is 12.1 Å². The second-order valence-corrected chi connectivity index (χ2v) is 7.66. The van der Waals surface area contributed by atoms with Gasteiger partial charge in [-0.2, -0.15) is 0 Å². The Bertz CT molecular complexity index is 542. The molecule has 2 amide bonds. The van der Waals surface area contributed by atoms with Crippen molar-refractivity contribution in [1.29, 1.82) is 0 Å². The Morgan fingerprint density at radius 1 is 1.29 bits per heavy atom. The van der Waals surface area contributed by atoms with Gasteiger partial charge in [0.25, 0.3) is 5.91 Å². The van der Waals surface area contributed by atoms with Gasteiger partial charge in [0.1, 0.15) is 6.04 Å². The summed E-state index contributed by atoms with van der Waals surface area (Å²) in [5.41, 5.74) is 0.673. The first-order chi connectivity index (χ1) is 10.2. The molecule has 1 aromatic rings. The molecule has 0 radical (unpaired) electrons. The minimum Gasteiger partial charge on any atom is -0.338 e. The van der Waals surface area contributed by atoms with Gasteiger partial charge in [0.15, 0.2) is 0 Å². The van der Waals surface area contributed by atoms with Crippen molar-refractivity contribution in [2.24, 2.45) is 0 Å². The summed E-state index contributed by atoms with van der Waals surface area (Å²) in [4.78, 5) is 28.9. The van der Waals surface area contributed by atoms with Crippen LogP contribution in [-0.4, -0.2) is 60.4 Å². The fourth-order valence-corrected chi connectivity index (χ4v) is 4.08. The number of carbonyl (C=O) groups is 2. The van der Waals surface area contributed by atoms with E-state index in [1.165, 1.54) is 11.3 Å². The van der Waals surface area contributed by atoms with E-state index in [1.807, 2.05) is 16.3 Å². The number of thiophene rings is 1. The largest absolute Gasteiger partial charge is 0.338 e. The normalized spacial score (nSPS) is 22.6. The Kier molecular flexibility index (Phi) is 4.61. The Labute approximate surface area is 136 Å². The molecule has 3 rings (SSSR count). The lowest BCUT2D eigenvalue weighted by Crippen LogP contribution is -2.53. The summed E-state index contributed by atoms with van der Waals surface area (Å²) in [5.74, 6) is 0.0829. The van der Waals surface area contributed by atoms with Gasteiger partial charge in [-0.15, -0.1) is 11.3 Å². The van der Waals surface area contributed by atoms with Crippen molar-refractivity contribution < 1.29 is 9.59 Å². The number of halogens is 1. The van der Waals surface area contributed by atoms with Crippen molar-refractivity contribution in [3.8, 4) is 0 Å². The molecule has 0 aliphatic carbocycles. The molecule has 114 valence electrons. The van der Waals surface area contributed by atoms with Crippen LogP contribution in [0.1, 0.15) is 23.2 Å². The number of piperazine rings is 1. The maximum absolute atomic E-state index is 12.6. The van der Waals surface area contributed by atoms with Gasteiger partial charge in [0.2, 0.25) is 5.91 Å². The Morgan fingerprint density at radius 2 is 2.05 bits per heavy atom. The van der Waals surface area contributed by atoms with E-state index in [1.54, 1.807) is 4.90 Å². The molecule has 3 heterocycles. The molecule has 7 heteroatoms. The van der Waals surface area contributed by atoms with Gasteiger partial charge < -0.3 is 15.1 Å². The maximum atomic E-state index is 12.6. The van der Waals surface area contributed by atoms with E-state index in [9.17, 15) is 9.59 Å². The van der Waals surface area contributed by atoms with Crippen LogP contribution >= 0.6 is 27.3 Å². The lowest BCUT2D eigenvalue weighted by Gasteiger charge is -2.32. The predicted molar refractivity (Wildman–Crippen MR) is 85.5 cm³/mol. The first kappa shape index (κ1) is 15.0. The van der Waals surface area contributed by atoms with Gasteiger partial charge >= 0.3 is 0 Å². The highest BCUT2D eigenvalue weighted by Crippen LogP contribution is 2.26. The van der Waals surface area contributed by atoms with Crippen molar-refractivity contribution in [3.05, 3.63) is 20.8 Å². The molecule has 0 spiro atoms. The molecular weight excluding hydrogens is 354 g/mol. The second-order valence-electron chi connectivity index (χ2n) is 5.37. The molecule has 0 aromatic carbocycles. The highest BCUT2D eigenvalue weighted by molar-refractivity contribution is 9.11. The molecule has 1 unspecified atom stereocenters. The lowest BCUT2D eigenvalue weighted by atomic mass is 10.1. The molecule has 2 fully saturated rings. The minimum absolute atomic E-state index is 0.0251. The van der Waals surface area contributed by atoms with Crippen molar-refractivity contribution in [1.82, 2.24) is 15.1 Å². The zero-order valence-corrected chi connectivity index (χ0v) is 14.1. The van der Waals surface area contributed by atoms with Crippen LogP contribution in [0.2, 0.25) is 0 Å². The van der Waals surface area contributed by atoms with Crippen molar-refractivity contribution in [2.75, 3.05) is 32.7 Å². The van der Waals surface area contributed by atoms with E-state index in [0.717, 1.165) is 42.8 Å². The quantitative estimate of drug-likeness (QED) is 0.857. The summed E-state index contributed by atoms with van der Waals surface area (Å²) >= 11 is 4.88. The number of carbonyl (C=O) groups excluding carboxylic acids is 2. The summed E-state index contributed by atoms with van der Waals surface area (Å²) in [6.07, 6.45) is 1.68. The third-order valence-corrected chi connectivity index (χ3v) is 5.55.